The van der Waals surface area contributed by atoms with Crippen LogP contribution in [0.2, 0.25) is 0 Å². The van der Waals surface area contributed by atoms with Gasteiger partial charge in [0.25, 0.3) is 0 Å². The van der Waals surface area contributed by atoms with Gasteiger partial charge in [-0.25, -0.2) is 0 Å². The maximum atomic E-state index is 9.92. The van der Waals surface area contributed by atoms with Crippen LogP contribution in [0.4, 0.5) is 0 Å². The maximum Gasteiger partial charge on any atom is 0.0837 e. The Labute approximate surface area is 75.7 Å². The van der Waals surface area contributed by atoms with Crippen molar-refractivity contribution in [1.82, 2.24) is 5.32 Å². The molecule has 0 heterocycles. The van der Waals surface area contributed by atoms with Crippen LogP contribution in [-0.2, 0) is 0 Å². The Morgan fingerprint density at radius 2 is 2.08 bits per heavy atom. The predicted molar refractivity (Wildman–Crippen MR) is 53.2 cm³/mol. The molecule has 0 aromatic rings. The van der Waals surface area contributed by atoms with E-state index in [1.165, 1.54) is 0 Å². The van der Waals surface area contributed by atoms with E-state index in [2.05, 4.69) is 12.2 Å². The van der Waals surface area contributed by atoms with E-state index in [1.54, 1.807) is 0 Å². The van der Waals surface area contributed by atoms with Gasteiger partial charge < -0.3 is 10.4 Å². The molecule has 0 radical (unpaired) electrons. The Morgan fingerprint density at radius 3 is 2.50 bits per heavy atom. The molecule has 72 valence electrons. The zero-order valence-electron chi connectivity index (χ0n) is 8.43. The zero-order valence-corrected chi connectivity index (χ0v) is 8.43. The van der Waals surface area contributed by atoms with Crippen LogP contribution in [0, 0.1) is 0 Å². The molecule has 0 amide bonds. The van der Waals surface area contributed by atoms with Crippen molar-refractivity contribution in [1.29, 1.82) is 0 Å². The molecule has 2 heteroatoms. The smallest absolute Gasteiger partial charge is 0.0837 e. The topological polar surface area (TPSA) is 32.3 Å². The van der Waals surface area contributed by atoms with Crippen molar-refractivity contribution in [2.45, 2.75) is 39.2 Å². The maximum absolute atomic E-state index is 9.92. The highest BCUT2D eigenvalue weighted by Crippen LogP contribution is 2.15. The number of hydrogen-bond donors (Lipinski definition) is 2. The lowest BCUT2D eigenvalue weighted by Gasteiger charge is -2.22. The van der Waals surface area contributed by atoms with Gasteiger partial charge in [0.05, 0.1) is 5.60 Å². The third kappa shape index (κ3) is 4.52. The quantitative estimate of drug-likeness (QED) is 0.471. The van der Waals surface area contributed by atoms with Gasteiger partial charge in [0.2, 0.25) is 0 Å². The molecule has 12 heavy (non-hydrogen) atoms. The summed E-state index contributed by atoms with van der Waals surface area (Å²) in [7, 11) is 0. The molecule has 0 aromatic carbocycles. The molecule has 2 nitrogen and oxygen atoms in total. The first kappa shape index (κ1) is 11.7. The van der Waals surface area contributed by atoms with E-state index in [0.29, 0.717) is 0 Å². The minimum absolute atomic E-state index is 0.600. The van der Waals surface area contributed by atoms with E-state index < -0.39 is 5.60 Å². The lowest BCUT2D eigenvalue weighted by atomic mass is 9.96. The molecule has 0 bridgehead atoms. The molecular weight excluding hydrogens is 150 g/mol. The standard InChI is InChI=1S/C10H21NO/c1-4-7-10(12,5-2)8-9-11-6-3/h4,7,11-12H,5-6,8-9H2,1-3H3/b7-4+. The van der Waals surface area contributed by atoms with Crippen molar-refractivity contribution < 1.29 is 5.11 Å². The Kier molecular flexibility index (Phi) is 6.03. The predicted octanol–water partition coefficient (Wildman–Crippen LogP) is 1.70. The van der Waals surface area contributed by atoms with Crippen LogP contribution in [0.15, 0.2) is 12.2 Å². The monoisotopic (exact) mass is 171 g/mol. The van der Waals surface area contributed by atoms with Crippen molar-refractivity contribution in [3.8, 4) is 0 Å². The minimum Gasteiger partial charge on any atom is -0.386 e. The second-order valence-electron chi connectivity index (χ2n) is 3.06. The van der Waals surface area contributed by atoms with Gasteiger partial charge in [-0.05, 0) is 32.9 Å². The Bertz CT molecular complexity index is 134. The normalized spacial score (nSPS) is 16.7. The van der Waals surface area contributed by atoms with E-state index in [9.17, 15) is 5.11 Å². The van der Waals surface area contributed by atoms with Crippen molar-refractivity contribution in [2.24, 2.45) is 0 Å². The summed E-state index contributed by atoms with van der Waals surface area (Å²) in [6.07, 6.45) is 5.37. The summed E-state index contributed by atoms with van der Waals surface area (Å²) in [5.74, 6) is 0. The molecule has 1 atom stereocenters. The van der Waals surface area contributed by atoms with Crippen LogP contribution >= 0.6 is 0 Å². The summed E-state index contributed by atoms with van der Waals surface area (Å²) in [6, 6.07) is 0. The number of aliphatic hydroxyl groups is 1. The fourth-order valence-corrected chi connectivity index (χ4v) is 1.17. The lowest BCUT2D eigenvalue weighted by Crippen LogP contribution is -2.30. The third-order valence-electron chi connectivity index (χ3n) is 2.07. The fraction of sp³-hybridized carbons (Fsp3) is 0.800. The molecule has 0 spiro atoms. The van der Waals surface area contributed by atoms with E-state index in [-0.39, 0.29) is 0 Å². The molecular formula is C10H21NO. The molecule has 2 N–H and O–H groups in total. The van der Waals surface area contributed by atoms with Crippen molar-refractivity contribution in [3.05, 3.63) is 12.2 Å². The number of rotatable bonds is 6. The summed E-state index contributed by atoms with van der Waals surface area (Å²) in [5, 5.41) is 13.1. The van der Waals surface area contributed by atoms with Crippen molar-refractivity contribution in [2.75, 3.05) is 13.1 Å². The van der Waals surface area contributed by atoms with Crippen molar-refractivity contribution in [3.63, 3.8) is 0 Å². The molecule has 1 unspecified atom stereocenters. The zero-order chi connectivity index (χ0) is 9.45. The Hall–Kier alpha value is -0.340. The Balaban J connectivity index is 3.79. The molecule has 0 aliphatic carbocycles. The summed E-state index contributed by atoms with van der Waals surface area (Å²) in [4.78, 5) is 0. The average Bonchev–Trinajstić information content (AvgIpc) is 2.06. The van der Waals surface area contributed by atoms with E-state index in [1.807, 2.05) is 26.0 Å². The van der Waals surface area contributed by atoms with E-state index >= 15 is 0 Å². The molecule has 0 fully saturated rings. The molecule has 0 rings (SSSR count). The van der Waals surface area contributed by atoms with E-state index in [0.717, 1.165) is 25.9 Å². The largest absolute Gasteiger partial charge is 0.386 e. The van der Waals surface area contributed by atoms with Crippen LogP contribution in [0.5, 0.6) is 0 Å². The van der Waals surface area contributed by atoms with Gasteiger partial charge >= 0.3 is 0 Å². The molecule has 0 saturated heterocycles. The summed E-state index contributed by atoms with van der Waals surface area (Å²) in [6.45, 7) is 7.86. The van der Waals surface area contributed by atoms with Gasteiger partial charge in [0.15, 0.2) is 0 Å². The SMILES string of the molecule is C/C=C/C(O)(CC)CCNCC. The van der Waals surface area contributed by atoms with Crippen molar-refractivity contribution >= 4 is 0 Å². The first-order chi connectivity index (χ1) is 5.68. The van der Waals surface area contributed by atoms with Crippen LogP contribution < -0.4 is 5.32 Å². The highest BCUT2D eigenvalue weighted by molar-refractivity contribution is 4.98. The molecule has 0 aliphatic heterocycles. The van der Waals surface area contributed by atoms with E-state index in [4.69, 9.17) is 0 Å². The summed E-state index contributed by atoms with van der Waals surface area (Å²) < 4.78 is 0. The first-order valence-electron chi connectivity index (χ1n) is 4.75. The number of nitrogens with one attached hydrogen (secondary N) is 1. The average molecular weight is 171 g/mol. The number of hydrogen-bond acceptors (Lipinski definition) is 2. The Morgan fingerprint density at radius 1 is 1.42 bits per heavy atom. The van der Waals surface area contributed by atoms with Gasteiger partial charge in [-0.1, -0.05) is 26.0 Å². The molecule has 0 aliphatic rings. The van der Waals surface area contributed by atoms with Gasteiger partial charge in [0.1, 0.15) is 0 Å². The lowest BCUT2D eigenvalue weighted by molar-refractivity contribution is 0.0776. The van der Waals surface area contributed by atoms with Gasteiger partial charge in [-0.15, -0.1) is 0 Å². The highest BCUT2D eigenvalue weighted by Gasteiger charge is 2.19. The first-order valence-corrected chi connectivity index (χ1v) is 4.75. The van der Waals surface area contributed by atoms with Crippen LogP contribution in [0.25, 0.3) is 0 Å². The summed E-state index contributed by atoms with van der Waals surface area (Å²) in [5.41, 5.74) is -0.600. The molecule has 0 aromatic heterocycles. The van der Waals surface area contributed by atoms with Crippen LogP contribution in [-0.4, -0.2) is 23.8 Å². The fourth-order valence-electron chi connectivity index (χ4n) is 1.17. The van der Waals surface area contributed by atoms with Gasteiger partial charge in [-0.2, -0.15) is 0 Å². The van der Waals surface area contributed by atoms with Gasteiger partial charge in [-0.3, -0.25) is 0 Å². The highest BCUT2D eigenvalue weighted by atomic mass is 16.3. The van der Waals surface area contributed by atoms with Crippen LogP contribution in [0.3, 0.4) is 0 Å². The second-order valence-corrected chi connectivity index (χ2v) is 3.06. The minimum atomic E-state index is -0.600. The second kappa shape index (κ2) is 6.21. The number of allylic oxidation sites excluding steroid dienone is 1. The van der Waals surface area contributed by atoms with Gasteiger partial charge in [0, 0.05) is 0 Å². The summed E-state index contributed by atoms with van der Waals surface area (Å²) >= 11 is 0. The third-order valence-corrected chi connectivity index (χ3v) is 2.07. The molecule has 0 saturated carbocycles. The van der Waals surface area contributed by atoms with Crippen LogP contribution in [0.1, 0.15) is 33.6 Å².